The van der Waals surface area contributed by atoms with Crippen LogP contribution in [-0.2, 0) is 11.2 Å². The standard InChI is InChI=1S/C19H22O3/c1-13(2)16-12-17(20)14(3)11-18(16)22-19(21)10-9-15-7-5-4-6-8-15/h4-8,11-13,20H,9-10H2,1-3H3. The zero-order valence-corrected chi connectivity index (χ0v) is 13.3. The molecule has 0 saturated heterocycles. The van der Waals surface area contributed by atoms with E-state index in [-0.39, 0.29) is 17.6 Å². The number of ether oxygens (including phenoxy) is 1. The first-order valence-electron chi connectivity index (χ1n) is 7.55. The lowest BCUT2D eigenvalue weighted by Crippen LogP contribution is -2.11. The zero-order chi connectivity index (χ0) is 16.1. The molecule has 0 aliphatic carbocycles. The zero-order valence-electron chi connectivity index (χ0n) is 13.3. The van der Waals surface area contributed by atoms with Gasteiger partial charge in [0.2, 0.25) is 0 Å². The fraction of sp³-hybridized carbons (Fsp3) is 0.316. The van der Waals surface area contributed by atoms with Crippen molar-refractivity contribution in [3.05, 3.63) is 59.2 Å². The summed E-state index contributed by atoms with van der Waals surface area (Å²) in [6.07, 6.45) is 0.995. The fourth-order valence-electron chi connectivity index (χ4n) is 2.29. The van der Waals surface area contributed by atoms with E-state index in [1.165, 1.54) is 0 Å². The Morgan fingerprint density at radius 2 is 1.86 bits per heavy atom. The van der Waals surface area contributed by atoms with E-state index in [1.807, 2.05) is 44.2 Å². The number of phenolic OH excluding ortho intramolecular Hbond substituents is 1. The predicted molar refractivity (Wildman–Crippen MR) is 87.3 cm³/mol. The Balaban J connectivity index is 2.06. The van der Waals surface area contributed by atoms with Gasteiger partial charge in [0, 0.05) is 12.0 Å². The summed E-state index contributed by atoms with van der Waals surface area (Å²) in [6.45, 7) is 5.80. The first-order valence-corrected chi connectivity index (χ1v) is 7.55. The summed E-state index contributed by atoms with van der Waals surface area (Å²) in [5, 5.41) is 9.82. The van der Waals surface area contributed by atoms with Crippen LogP contribution in [-0.4, -0.2) is 11.1 Å². The van der Waals surface area contributed by atoms with Crippen molar-refractivity contribution in [3.8, 4) is 11.5 Å². The van der Waals surface area contributed by atoms with E-state index in [0.29, 0.717) is 24.2 Å². The van der Waals surface area contributed by atoms with Gasteiger partial charge in [-0.05, 0) is 42.5 Å². The van der Waals surface area contributed by atoms with Crippen LogP contribution in [0.4, 0.5) is 0 Å². The van der Waals surface area contributed by atoms with Crippen molar-refractivity contribution in [1.82, 2.24) is 0 Å². The molecule has 0 atom stereocenters. The van der Waals surface area contributed by atoms with Crippen LogP contribution in [0, 0.1) is 6.92 Å². The molecule has 3 heteroatoms. The lowest BCUT2D eigenvalue weighted by atomic mass is 10.00. The van der Waals surface area contributed by atoms with Crippen molar-refractivity contribution in [2.45, 2.75) is 39.5 Å². The number of aryl methyl sites for hydroxylation is 2. The predicted octanol–water partition coefficient (Wildman–Crippen LogP) is 4.36. The van der Waals surface area contributed by atoms with Gasteiger partial charge >= 0.3 is 5.97 Å². The monoisotopic (exact) mass is 298 g/mol. The van der Waals surface area contributed by atoms with Crippen LogP contribution >= 0.6 is 0 Å². The summed E-state index contributed by atoms with van der Waals surface area (Å²) in [5.74, 6) is 0.690. The minimum absolute atomic E-state index is 0.170. The molecule has 0 saturated carbocycles. The van der Waals surface area contributed by atoms with Crippen molar-refractivity contribution < 1.29 is 14.6 Å². The Morgan fingerprint density at radius 3 is 2.50 bits per heavy atom. The molecule has 2 aromatic rings. The average Bonchev–Trinajstić information content (AvgIpc) is 2.49. The molecule has 0 aliphatic rings. The quantitative estimate of drug-likeness (QED) is 0.659. The highest BCUT2D eigenvalue weighted by atomic mass is 16.5. The third-order valence-corrected chi connectivity index (χ3v) is 3.63. The van der Waals surface area contributed by atoms with Gasteiger partial charge < -0.3 is 9.84 Å². The highest BCUT2D eigenvalue weighted by Gasteiger charge is 2.14. The van der Waals surface area contributed by atoms with Gasteiger partial charge in [-0.3, -0.25) is 4.79 Å². The first-order chi connectivity index (χ1) is 10.5. The summed E-state index contributed by atoms with van der Waals surface area (Å²) >= 11 is 0. The Bertz CT molecular complexity index is 645. The van der Waals surface area contributed by atoms with Crippen molar-refractivity contribution >= 4 is 5.97 Å². The molecule has 0 bridgehead atoms. The highest BCUT2D eigenvalue weighted by Crippen LogP contribution is 2.33. The van der Waals surface area contributed by atoms with Crippen LogP contribution in [0.25, 0.3) is 0 Å². The molecule has 2 aromatic carbocycles. The molecule has 1 N–H and O–H groups in total. The Kier molecular flexibility index (Phi) is 5.21. The maximum Gasteiger partial charge on any atom is 0.311 e. The number of phenols is 1. The van der Waals surface area contributed by atoms with Gasteiger partial charge in [-0.2, -0.15) is 0 Å². The number of aromatic hydroxyl groups is 1. The molecule has 3 nitrogen and oxygen atoms in total. The molecule has 0 spiro atoms. The molecule has 0 heterocycles. The van der Waals surface area contributed by atoms with Crippen LogP contribution in [0.15, 0.2) is 42.5 Å². The maximum absolute atomic E-state index is 12.1. The van der Waals surface area contributed by atoms with Crippen LogP contribution in [0.3, 0.4) is 0 Å². The van der Waals surface area contributed by atoms with Gasteiger partial charge in [0.1, 0.15) is 11.5 Å². The molecule has 0 unspecified atom stereocenters. The largest absolute Gasteiger partial charge is 0.508 e. The van der Waals surface area contributed by atoms with Gasteiger partial charge in [-0.1, -0.05) is 44.2 Å². The number of carbonyl (C=O) groups excluding carboxylic acids is 1. The summed E-state index contributed by atoms with van der Waals surface area (Å²) < 4.78 is 5.51. The average molecular weight is 298 g/mol. The first kappa shape index (κ1) is 16.1. The molecular weight excluding hydrogens is 276 g/mol. The third-order valence-electron chi connectivity index (χ3n) is 3.63. The van der Waals surface area contributed by atoms with Crippen molar-refractivity contribution in [2.24, 2.45) is 0 Å². The minimum Gasteiger partial charge on any atom is -0.508 e. The lowest BCUT2D eigenvalue weighted by Gasteiger charge is -2.14. The lowest BCUT2D eigenvalue weighted by molar-refractivity contribution is -0.134. The number of hydrogen-bond acceptors (Lipinski definition) is 3. The van der Waals surface area contributed by atoms with Crippen molar-refractivity contribution in [1.29, 1.82) is 0 Å². The fourth-order valence-corrected chi connectivity index (χ4v) is 2.29. The van der Waals surface area contributed by atoms with Crippen LogP contribution in [0.5, 0.6) is 11.5 Å². The van der Waals surface area contributed by atoms with E-state index >= 15 is 0 Å². The molecule has 116 valence electrons. The Morgan fingerprint density at radius 1 is 1.18 bits per heavy atom. The Labute approximate surface area is 131 Å². The van der Waals surface area contributed by atoms with E-state index in [0.717, 1.165) is 11.1 Å². The van der Waals surface area contributed by atoms with Crippen molar-refractivity contribution in [2.75, 3.05) is 0 Å². The number of esters is 1. The molecule has 0 radical (unpaired) electrons. The maximum atomic E-state index is 12.1. The summed E-state index contributed by atoms with van der Waals surface area (Å²) in [7, 11) is 0. The Hall–Kier alpha value is -2.29. The molecular formula is C19H22O3. The van der Waals surface area contributed by atoms with Gasteiger partial charge in [0.15, 0.2) is 0 Å². The highest BCUT2D eigenvalue weighted by molar-refractivity contribution is 5.73. The number of benzene rings is 2. The number of carbonyl (C=O) groups is 1. The van der Waals surface area contributed by atoms with Crippen molar-refractivity contribution in [3.63, 3.8) is 0 Å². The smallest absolute Gasteiger partial charge is 0.311 e. The van der Waals surface area contributed by atoms with E-state index < -0.39 is 0 Å². The second kappa shape index (κ2) is 7.12. The summed E-state index contributed by atoms with van der Waals surface area (Å²) in [6, 6.07) is 13.3. The molecule has 0 fully saturated rings. The summed E-state index contributed by atoms with van der Waals surface area (Å²) in [4.78, 5) is 12.1. The molecule has 0 aliphatic heterocycles. The second-order valence-electron chi connectivity index (χ2n) is 5.79. The van der Waals surface area contributed by atoms with Crippen LogP contribution in [0.1, 0.15) is 42.9 Å². The molecule has 2 rings (SSSR count). The molecule has 0 aromatic heterocycles. The van der Waals surface area contributed by atoms with Crippen LogP contribution < -0.4 is 4.74 Å². The number of rotatable bonds is 5. The molecule has 22 heavy (non-hydrogen) atoms. The number of hydrogen-bond donors (Lipinski definition) is 1. The second-order valence-corrected chi connectivity index (χ2v) is 5.79. The normalized spacial score (nSPS) is 10.7. The van der Waals surface area contributed by atoms with Crippen LogP contribution in [0.2, 0.25) is 0 Å². The van der Waals surface area contributed by atoms with Gasteiger partial charge in [0.25, 0.3) is 0 Å². The van der Waals surface area contributed by atoms with E-state index in [1.54, 1.807) is 19.1 Å². The molecule has 0 amide bonds. The minimum atomic E-state index is -0.254. The van der Waals surface area contributed by atoms with Gasteiger partial charge in [0.05, 0.1) is 0 Å². The van der Waals surface area contributed by atoms with Gasteiger partial charge in [-0.25, -0.2) is 0 Å². The summed E-state index contributed by atoms with van der Waals surface area (Å²) in [5.41, 5.74) is 2.66. The van der Waals surface area contributed by atoms with E-state index in [4.69, 9.17) is 4.74 Å². The van der Waals surface area contributed by atoms with Gasteiger partial charge in [-0.15, -0.1) is 0 Å². The SMILES string of the molecule is Cc1cc(OC(=O)CCc2ccccc2)c(C(C)C)cc1O. The third kappa shape index (κ3) is 4.10. The topological polar surface area (TPSA) is 46.5 Å². The van der Waals surface area contributed by atoms with E-state index in [9.17, 15) is 9.90 Å². The van der Waals surface area contributed by atoms with E-state index in [2.05, 4.69) is 0 Å².